The number of methoxy groups -OCH3 is 1. The van der Waals surface area contributed by atoms with Gasteiger partial charge < -0.3 is 9.57 Å². The maximum absolute atomic E-state index is 11.8. The second kappa shape index (κ2) is 8.22. The summed E-state index contributed by atoms with van der Waals surface area (Å²) in [6.07, 6.45) is 0. The van der Waals surface area contributed by atoms with E-state index in [0.29, 0.717) is 10.8 Å². The Morgan fingerprint density at radius 2 is 2.09 bits per heavy atom. The number of esters is 1. The molecule has 0 N–H and O–H groups in total. The molecule has 0 aliphatic heterocycles. The fourth-order valence-corrected chi connectivity index (χ4v) is 3.95. The van der Waals surface area contributed by atoms with E-state index in [0.717, 1.165) is 15.3 Å². The predicted molar refractivity (Wildman–Crippen MR) is 90.9 cm³/mol. The zero-order chi connectivity index (χ0) is 15.9. The number of hydrogen-bond acceptors (Lipinski definition) is 6. The summed E-state index contributed by atoms with van der Waals surface area (Å²) in [5, 5.41) is 6.41. The molecule has 0 saturated carbocycles. The summed E-state index contributed by atoms with van der Waals surface area (Å²) < 4.78 is 4.75. The van der Waals surface area contributed by atoms with E-state index >= 15 is 0 Å². The summed E-state index contributed by atoms with van der Waals surface area (Å²) in [7, 11) is 2.72. The Morgan fingerprint density at radius 3 is 2.77 bits per heavy atom. The fourth-order valence-electron chi connectivity index (χ4n) is 1.73. The molecule has 0 bridgehead atoms. The molecule has 0 amide bonds. The van der Waals surface area contributed by atoms with Crippen LogP contribution in [0.4, 0.5) is 0 Å². The molecule has 7 heteroatoms. The fraction of sp³-hybridized carbons (Fsp3) is 0.200. The zero-order valence-electron chi connectivity index (χ0n) is 12.0. The normalized spacial score (nSPS) is 11.3. The van der Waals surface area contributed by atoms with Gasteiger partial charge in [0.15, 0.2) is 0 Å². The topological polar surface area (TPSA) is 47.9 Å². The Bertz CT molecular complexity index is 685. The Morgan fingerprint density at radius 1 is 1.32 bits per heavy atom. The molecule has 1 aromatic carbocycles. The Labute approximate surface area is 142 Å². The van der Waals surface area contributed by atoms with E-state index < -0.39 is 5.97 Å². The van der Waals surface area contributed by atoms with Gasteiger partial charge in [-0.2, -0.15) is 0 Å². The number of rotatable bonds is 6. The van der Waals surface area contributed by atoms with Crippen molar-refractivity contribution in [3.05, 3.63) is 51.2 Å². The lowest BCUT2D eigenvalue weighted by atomic mass is 10.2. The monoisotopic (exact) mass is 355 g/mol. The Balaban J connectivity index is 2.20. The SMILES string of the molecule is CON=C(C(=O)OC)c1sccc1CSc1ccccc1Cl. The summed E-state index contributed by atoms with van der Waals surface area (Å²) in [5.74, 6) is 0.149. The molecule has 0 saturated heterocycles. The van der Waals surface area contributed by atoms with Crippen LogP contribution >= 0.6 is 34.7 Å². The van der Waals surface area contributed by atoms with Crippen LogP contribution in [0.25, 0.3) is 0 Å². The van der Waals surface area contributed by atoms with Gasteiger partial charge in [-0.1, -0.05) is 28.9 Å². The number of benzene rings is 1. The third-order valence-electron chi connectivity index (χ3n) is 2.74. The van der Waals surface area contributed by atoms with Crippen LogP contribution in [0.3, 0.4) is 0 Å². The smallest absolute Gasteiger partial charge is 0.361 e. The Kier molecular flexibility index (Phi) is 6.30. The van der Waals surface area contributed by atoms with E-state index in [2.05, 4.69) is 5.16 Å². The van der Waals surface area contributed by atoms with Crippen LogP contribution in [-0.2, 0) is 20.1 Å². The lowest BCUT2D eigenvalue weighted by Crippen LogP contribution is -2.17. The van der Waals surface area contributed by atoms with Crippen LogP contribution in [0.15, 0.2) is 45.8 Å². The van der Waals surface area contributed by atoms with Gasteiger partial charge in [-0.05, 0) is 29.1 Å². The van der Waals surface area contributed by atoms with Gasteiger partial charge >= 0.3 is 5.97 Å². The molecule has 0 fully saturated rings. The third kappa shape index (κ3) is 4.03. The molecule has 1 heterocycles. The van der Waals surface area contributed by atoms with Crippen molar-refractivity contribution in [1.29, 1.82) is 0 Å². The van der Waals surface area contributed by atoms with Crippen molar-refractivity contribution in [2.24, 2.45) is 5.16 Å². The van der Waals surface area contributed by atoms with Crippen molar-refractivity contribution in [3.8, 4) is 0 Å². The highest BCUT2D eigenvalue weighted by Gasteiger charge is 2.20. The minimum atomic E-state index is -0.520. The van der Waals surface area contributed by atoms with Gasteiger partial charge in [-0.25, -0.2) is 4.79 Å². The van der Waals surface area contributed by atoms with Crippen molar-refractivity contribution in [2.45, 2.75) is 10.6 Å². The second-order valence-corrected chi connectivity index (χ2v) is 6.45. The quantitative estimate of drug-likeness (QED) is 0.337. The maximum atomic E-state index is 11.8. The minimum Gasteiger partial charge on any atom is -0.464 e. The summed E-state index contributed by atoms with van der Waals surface area (Å²) >= 11 is 9.18. The molecule has 1 aromatic heterocycles. The molecule has 0 aliphatic carbocycles. The molecular weight excluding hydrogens is 342 g/mol. The number of carbonyl (C=O) groups is 1. The van der Waals surface area contributed by atoms with Gasteiger partial charge in [-0.15, -0.1) is 23.1 Å². The number of ether oxygens (including phenoxy) is 1. The highest BCUT2D eigenvalue weighted by Crippen LogP contribution is 2.32. The molecular formula is C15H14ClNO3S2. The molecule has 0 atom stereocenters. The number of oxime groups is 1. The van der Waals surface area contributed by atoms with E-state index in [1.54, 1.807) is 11.8 Å². The molecule has 116 valence electrons. The van der Waals surface area contributed by atoms with E-state index in [9.17, 15) is 4.79 Å². The van der Waals surface area contributed by atoms with Crippen LogP contribution in [0.1, 0.15) is 10.4 Å². The van der Waals surface area contributed by atoms with Crippen molar-refractivity contribution in [1.82, 2.24) is 0 Å². The first kappa shape index (κ1) is 16.9. The second-order valence-electron chi connectivity index (χ2n) is 4.11. The molecule has 0 radical (unpaired) electrons. The van der Waals surface area contributed by atoms with Crippen LogP contribution in [0, 0.1) is 0 Å². The standard InChI is InChI=1S/C15H14ClNO3S2/c1-19-15(18)13(17-20-2)14-10(7-8-21-14)9-22-12-6-4-3-5-11(12)16/h3-8H,9H2,1-2H3. The maximum Gasteiger partial charge on any atom is 0.361 e. The average Bonchev–Trinajstić information content (AvgIpc) is 2.99. The van der Waals surface area contributed by atoms with Crippen LogP contribution in [-0.4, -0.2) is 25.9 Å². The Hall–Kier alpha value is -1.50. The van der Waals surface area contributed by atoms with Crippen LogP contribution in [0.5, 0.6) is 0 Å². The van der Waals surface area contributed by atoms with Crippen molar-refractivity contribution >= 4 is 46.4 Å². The number of nitrogens with zero attached hydrogens (tertiary/aromatic N) is 1. The molecule has 0 unspecified atom stereocenters. The number of thioether (sulfide) groups is 1. The zero-order valence-corrected chi connectivity index (χ0v) is 14.4. The predicted octanol–water partition coefficient (Wildman–Crippen LogP) is 4.22. The third-order valence-corrected chi connectivity index (χ3v) is 5.27. The molecule has 0 spiro atoms. The van der Waals surface area contributed by atoms with E-state index in [1.165, 1.54) is 25.6 Å². The molecule has 2 aromatic rings. The molecule has 2 rings (SSSR count). The molecule has 22 heavy (non-hydrogen) atoms. The number of thiophene rings is 1. The van der Waals surface area contributed by atoms with Crippen LogP contribution < -0.4 is 0 Å². The van der Waals surface area contributed by atoms with Gasteiger partial charge in [0, 0.05) is 10.6 Å². The van der Waals surface area contributed by atoms with Gasteiger partial charge in [0.1, 0.15) is 7.11 Å². The number of hydrogen-bond donors (Lipinski definition) is 0. The average molecular weight is 356 g/mol. The van der Waals surface area contributed by atoms with E-state index in [-0.39, 0.29) is 5.71 Å². The van der Waals surface area contributed by atoms with Crippen molar-refractivity contribution in [3.63, 3.8) is 0 Å². The highest BCUT2D eigenvalue weighted by atomic mass is 35.5. The number of halogens is 1. The van der Waals surface area contributed by atoms with E-state index in [4.69, 9.17) is 21.2 Å². The lowest BCUT2D eigenvalue weighted by molar-refractivity contribution is -0.132. The van der Waals surface area contributed by atoms with Crippen molar-refractivity contribution < 1.29 is 14.4 Å². The van der Waals surface area contributed by atoms with Crippen molar-refractivity contribution in [2.75, 3.05) is 14.2 Å². The van der Waals surface area contributed by atoms with Gasteiger partial charge in [0.05, 0.1) is 17.0 Å². The lowest BCUT2D eigenvalue weighted by Gasteiger charge is -2.06. The summed E-state index contributed by atoms with van der Waals surface area (Å²) in [5.41, 5.74) is 1.16. The first-order chi connectivity index (χ1) is 10.7. The van der Waals surface area contributed by atoms with Crippen LogP contribution in [0.2, 0.25) is 5.02 Å². The first-order valence-corrected chi connectivity index (χ1v) is 8.55. The summed E-state index contributed by atoms with van der Waals surface area (Å²) in [4.78, 5) is 18.3. The first-order valence-electron chi connectivity index (χ1n) is 6.31. The van der Waals surface area contributed by atoms with Gasteiger partial charge in [0.25, 0.3) is 0 Å². The van der Waals surface area contributed by atoms with E-state index in [1.807, 2.05) is 35.7 Å². The van der Waals surface area contributed by atoms with Gasteiger partial charge in [0.2, 0.25) is 5.71 Å². The molecule has 0 aliphatic rings. The molecule has 4 nitrogen and oxygen atoms in total. The van der Waals surface area contributed by atoms with Gasteiger partial charge in [-0.3, -0.25) is 0 Å². The minimum absolute atomic E-state index is 0.176. The largest absolute Gasteiger partial charge is 0.464 e. The summed E-state index contributed by atoms with van der Waals surface area (Å²) in [6.45, 7) is 0. The highest BCUT2D eigenvalue weighted by molar-refractivity contribution is 7.98. The number of carbonyl (C=O) groups excluding carboxylic acids is 1. The summed E-state index contributed by atoms with van der Waals surface area (Å²) in [6, 6.07) is 9.60.